The molecule has 7 nitrogen and oxygen atoms in total. The second kappa shape index (κ2) is 6.25. The van der Waals surface area contributed by atoms with Crippen LogP contribution >= 0.6 is 0 Å². The Morgan fingerprint density at radius 1 is 1.40 bits per heavy atom. The van der Waals surface area contributed by atoms with E-state index < -0.39 is 4.92 Å². The maximum absolute atomic E-state index is 10.9. The number of nitrogens with one attached hydrogen (secondary N) is 1. The predicted molar refractivity (Wildman–Crippen MR) is 73.4 cm³/mol. The molecule has 1 N–H and O–H groups in total. The molecular weight excluding hydrogens is 260 g/mol. The van der Waals surface area contributed by atoms with E-state index in [0.29, 0.717) is 29.3 Å². The molecule has 0 amide bonds. The van der Waals surface area contributed by atoms with Crippen molar-refractivity contribution in [3.05, 3.63) is 39.8 Å². The van der Waals surface area contributed by atoms with Crippen molar-refractivity contribution in [1.29, 1.82) is 0 Å². The summed E-state index contributed by atoms with van der Waals surface area (Å²) in [6, 6.07) is 4.88. The number of aryl methyl sites for hydroxylation is 2. The molecule has 2 rings (SSSR count). The van der Waals surface area contributed by atoms with Gasteiger partial charge in [-0.05, 0) is 33.0 Å². The molecule has 1 aromatic carbocycles. The lowest BCUT2D eigenvalue weighted by Crippen LogP contribution is -2.08. The van der Waals surface area contributed by atoms with E-state index in [4.69, 9.17) is 4.42 Å². The monoisotopic (exact) mass is 276 g/mol. The van der Waals surface area contributed by atoms with E-state index in [-0.39, 0.29) is 5.69 Å². The Kier molecular flexibility index (Phi) is 4.41. The molecule has 0 spiro atoms. The van der Waals surface area contributed by atoms with Crippen LogP contribution in [0.1, 0.15) is 17.9 Å². The highest BCUT2D eigenvalue weighted by molar-refractivity contribution is 5.59. The fourth-order valence-electron chi connectivity index (χ4n) is 1.83. The van der Waals surface area contributed by atoms with Crippen LogP contribution in [0.2, 0.25) is 0 Å². The summed E-state index contributed by atoms with van der Waals surface area (Å²) in [5, 5.41) is 21.8. The van der Waals surface area contributed by atoms with Crippen LogP contribution in [-0.4, -0.2) is 28.7 Å². The summed E-state index contributed by atoms with van der Waals surface area (Å²) < 4.78 is 5.52. The average Bonchev–Trinajstić information content (AvgIpc) is 2.88. The molecule has 0 unspecified atom stereocenters. The second-order valence-corrected chi connectivity index (χ2v) is 4.47. The number of benzene rings is 1. The summed E-state index contributed by atoms with van der Waals surface area (Å²) >= 11 is 0. The van der Waals surface area contributed by atoms with Gasteiger partial charge in [0, 0.05) is 23.6 Å². The van der Waals surface area contributed by atoms with Crippen molar-refractivity contribution in [2.24, 2.45) is 0 Å². The highest BCUT2D eigenvalue weighted by Crippen LogP contribution is 2.26. The Balaban J connectivity index is 2.19. The third-order valence-electron chi connectivity index (χ3n) is 2.94. The topological polar surface area (TPSA) is 94.1 Å². The van der Waals surface area contributed by atoms with Gasteiger partial charge in [-0.15, -0.1) is 10.2 Å². The van der Waals surface area contributed by atoms with Gasteiger partial charge in [-0.25, -0.2) is 0 Å². The highest BCUT2D eigenvalue weighted by Gasteiger charge is 2.15. The Labute approximate surface area is 116 Å². The minimum Gasteiger partial charge on any atom is -0.421 e. The first-order valence-electron chi connectivity index (χ1n) is 6.34. The van der Waals surface area contributed by atoms with Crippen molar-refractivity contribution in [1.82, 2.24) is 15.5 Å². The molecule has 2 aromatic rings. The van der Waals surface area contributed by atoms with Gasteiger partial charge in [-0.1, -0.05) is 6.07 Å². The maximum Gasteiger partial charge on any atom is 0.273 e. The van der Waals surface area contributed by atoms with Crippen LogP contribution in [0.5, 0.6) is 0 Å². The van der Waals surface area contributed by atoms with Gasteiger partial charge in [0.15, 0.2) is 0 Å². The number of nitro groups is 1. The lowest BCUT2D eigenvalue weighted by molar-refractivity contribution is -0.385. The van der Waals surface area contributed by atoms with E-state index >= 15 is 0 Å². The number of hydrogen-bond donors (Lipinski definition) is 1. The van der Waals surface area contributed by atoms with Crippen LogP contribution in [-0.2, 0) is 6.42 Å². The van der Waals surface area contributed by atoms with Crippen molar-refractivity contribution in [3.63, 3.8) is 0 Å². The van der Waals surface area contributed by atoms with Gasteiger partial charge >= 0.3 is 0 Å². The lowest BCUT2D eigenvalue weighted by atomic mass is 10.1. The lowest BCUT2D eigenvalue weighted by Gasteiger charge is -1.99. The van der Waals surface area contributed by atoms with Crippen LogP contribution in [0.4, 0.5) is 5.69 Å². The normalized spacial score (nSPS) is 10.7. The number of nitrogens with zero attached hydrogens (tertiary/aromatic N) is 3. The molecule has 0 saturated carbocycles. The Bertz CT molecular complexity index is 609. The molecule has 0 aliphatic carbocycles. The number of aromatic nitrogens is 2. The van der Waals surface area contributed by atoms with Crippen molar-refractivity contribution >= 4 is 5.69 Å². The molecule has 0 aliphatic heterocycles. The van der Waals surface area contributed by atoms with Gasteiger partial charge in [0.05, 0.1) is 4.92 Å². The molecule has 1 heterocycles. The van der Waals surface area contributed by atoms with Crippen LogP contribution in [0.3, 0.4) is 0 Å². The summed E-state index contributed by atoms with van der Waals surface area (Å²) in [5.41, 5.74) is 1.22. The molecule has 20 heavy (non-hydrogen) atoms. The molecule has 7 heteroatoms. The molecule has 106 valence electrons. The van der Waals surface area contributed by atoms with E-state index in [1.165, 1.54) is 6.07 Å². The molecule has 0 fully saturated rings. The SMILES string of the molecule is CNCCCc1nnc(-c2ccc(C)c([N+](=O)[O-])c2)o1. The third-order valence-corrected chi connectivity index (χ3v) is 2.94. The summed E-state index contributed by atoms with van der Waals surface area (Å²) in [7, 11) is 1.88. The molecule has 0 bridgehead atoms. The quantitative estimate of drug-likeness (QED) is 0.493. The van der Waals surface area contributed by atoms with Crippen LogP contribution in [0, 0.1) is 17.0 Å². The van der Waals surface area contributed by atoms with Crippen LogP contribution in [0.15, 0.2) is 22.6 Å². The Morgan fingerprint density at radius 3 is 2.90 bits per heavy atom. The largest absolute Gasteiger partial charge is 0.421 e. The van der Waals surface area contributed by atoms with Crippen molar-refractivity contribution in [3.8, 4) is 11.5 Å². The average molecular weight is 276 g/mol. The maximum atomic E-state index is 10.9. The first kappa shape index (κ1) is 14.1. The van der Waals surface area contributed by atoms with Crippen LogP contribution in [0.25, 0.3) is 11.5 Å². The first-order valence-corrected chi connectivity index (χ1v) is 6.34. The van der Waals surface area contributed by atoms with Crippen molar-refractivity contribution in [2.75, 3.05) is 13.6 Å². The summed E-state index contributed by atoms with van der Waals surface area (Å²) in [4.78, 5) is 10.5. The van der Waals surface area contributed by atoms with Crippen molar-refractivity contribution < 1.29 is 9.34 Å². The van der Waals surface area contributed by atoms with Gasteiger partial charge in [0.1, 0.15) is 0 Å². The van der Waals surface area contributed by atoms with Gasteiger partial charge in [-0.2, -0.15) is 0 Å². The van der Waals surface area contributed by atoms with E-state index in [2.05, 4.69) is 15.5 Å². The van der Waals surface area contributed by atoms with E-state index in [9.17, 15) is 10.1 Å². The van der Waals surface area contributed by atoms with Gasteiger partial charge < -0.3 is 9.73 Å². The van der Waals surface area contributed by atoms with Crippen LogP contribution < -0.4 is 5.32 Å². The predicted octanol–water partition coefficient (Wildman–Crippen LogP) is 2.11. The Hall–Kier alpha value is -2.28. The number of rotatable bonds is 6. The van der Waals surface area contributed by atoms with E-state index in [1.807, 2.05) is 7.05 Å². The van der Waals surface area contributed by atoms with Gasteiger partial charge in [-0.3, -0.25) is 10.1 Å². The second-order valence-electron chi connectivity index (χ2n) is 4.47. The minimum atomic E-state index is -0.414. The fourth-order valence-corrected chi connectivity index (χ4v) is 1.83. The van der Waals surface area contributed by atoms with E-state index in [1.54, 1.807) is 19.1 Å². The number of nitro benzene ring substituents is 1. The molecule has 1 aromatic heterocycles. The minimum absolute atomic E-state index is 0.0532. The fraction of sp³-hybridized carbons (Fsp3) is 0.385. The summed E-state index contributed by atoms with van der Waals surface area (Å²) in [5.74, 6) is 0.853. The van der Waals surface area contributed by atoms with Gasteiger partial charge in [0.25, 0.3) is 5.69 Å². The standard InChI is InChI=1S/C13H16N4O3/c1-9-5-6-10(8-11(9)17(18)19)13-16-15-12(20-13)4-3-7-14-2/h5-6,8,14H,3-4,7H2,1-2H3. The van der Waals surface area contributed by atoms with Gasteiger partial charge in [0.2, 0.25) is 11.8 Å². The number of hydrogen-bond acceptors (Lipinski definition) is 6. The summed E-state index contributed by atoms with van der Waals surface area (Å²) in [6.07, 6.45) is 1.58. The molecule has 0 atom stereocenters. The third kappa shape index (κ3) is 3.18. The zero-order chi connectivity index (χ0) is 14.5. The molecule has 0 radical (unpaired) electrons. The first-order chi connectivity index (χ1) is 9.61. The molecule has 0 saturated heterocycles. The molecule has 0 aliphatic rings. The highest BCUT2D eigenvalue weighted by atomic mass is 16.6. The smallest absolute Gasteiger partial charge is 0.273 e. The molecular formula is C13H16N4O3. The van der Waals surface area contributed by atoms with E-state index in [0.717, 1.165) is 13.0 Å². The Morgan fingerprint density at radius 2 is 2.20 bits per heavy atom. The van der Waals surface area contributed by atoms with Crippen molar-refractivity contribution in [2.45, 2.75) is 19.8 Å². The summed E-state index contributed by atoms with van der Waals surface area (Å²) in [6.45, 7) is 2.56. The zero-order valence-electron chi connectivity index (χ0n) is 11.4. The zero-order valence-corrected chi connectivity index (χ0v) is 11.4.